The van der Waals surface area contributed by atoms with E-state index in [2.05, 4.69) is 11.9 Å². The van der Waals surface area contributed by atoms with E-state index >= 15 is 0 Å². The fraction of sp³-hybridized carbons (Fsp3) is 0.846. The van der Waals surface area contributed by atoms with Crippen molar-refractivity contribution in [2.24, 2.45) is 16.6 Å². The zero-order valence-corrected chi connectivity index (χ0v) is 10.5. The van der Waals surface area contributed by atoms with E-state index < -0.39 is 0 Å². The summed E-state index contributed by atoms with van der Waals surface area (Å²) in [5, 5.41) is 0. The van der Waals surface area contributed by atoms with Crippen LogP contribution in [0.15, 0.2) is 4.99 Å². The topological polar surface area (TPSA) is 58.7 Å². The molecule has 94 valence electrons. The second-order valence-corrected chi connectivity index (χ2v) is 5.78. The second-order valence-electron chi connectivity index (χ2n) is 5.78. The number of carbonyl (C=O) groups is 1. The molecule has 4 nitrogen and oxygen atoms in total. The van der Waals surface area contributed by atoms with E-state index in [1.165, 1.54) is 19.3 Å². The number of rotatable bonds is 2. The van der Waals surface area contributed by atoms with E-state index in [9.17, 15) is 4.79 Å². The van der Waals surface area contributed by atoms with Crippen molar-refractivity contribution in [3.05, 3.63) is 0 Å². The van der Waals surface area contributed by atoms with Gasteiger partial charge in [0.2, 0.25) is 0 Å². The monoisotopic (exact) mass is 235 g/mol. The minimum absolute atomic E-state index is 0.0817. The van der Waals surface area contributed by atoms with Gasteiger partial charge in [0.1, 0.15) is 11.4 Å². The quantitative estimate of drug-likeness (QED) is 0.798. The predicted octanol–water partition coefficient (Wildman–Crippen LogP) is 2.28. The third-order valence-electron chi connectivity index (χ3n) is 4.68. The largest absolute Gasteiger partial charge is 0.385 e. The summed E-state index contributed by atoms with van der Waals surface area (Å²) >= 11 is 0. The molecule has 1 heterocycles. The number of nitrogens with zero attached hydrogens (tertiary/aromatic N) is 2. The molecule has 0 aromatic heterocycles. The number of amidine groups is 1. The molecule has 1 spiro atoms. The predicted molar refractivity (Wildman–Crippen MR) is 66.9 cm³/mol. The number of hydrogen-bond acceptors (Lipinski definition) is 2. The summed E-state index contributed by atoms with van der Waals surface area (Å²) in [4.78, 5) is 18.1. The molecule has 2 aliphatic carbocycles. The molecule has 2 unspecified atom stereocenters. The lowest BCUT2D eigenvalue weighted by atomic mass is 9.73. The number of aliphatic imine (C=N–C) groups is 1. The van der Waals surface area contributed by atoms with Crippen molar-refractivity contribution in [1.29, 1.82) is 0 Å². The summed E-state index contributed by atoms with van der Waals surface area (Å²) in [5.41, 5.74) is 5.88. The maximum atomic E-state index is 12.0. The van der Waals surface area contributed by atoms with Crippen LogP contribution < -0.4 is 5.73 Å². The summed E-state index contributed by atoms with van der Waals surface area (Å²) < 4.78 is 0. The van der Waals surface area contributed by atoms with Crippen molar-refractivity contribution >= 4 is 11.9 Å². The van der Waals surface area contributed by atoms with Gasteiger partial charge in [-0.15, -0.1) is 0 Å². The molecule has 3 aliphatic rings. The smallest absolute Gasteiger partial charge is 0.346 e. The van der Waals surface area contributed by atoms with Gasteiger partial charge in [-0.3, -0.25) is 0 Å². The van der Waals surface area contributed by atoms with Crippen molar-refractivity contribution in [2.45, 2.75) is 63.5 Å². The molecule has 0 saturated heterocycles. The number of amides is 2. The summed E-state index contributed by atoms with van der Waals surface area (Å²) in [6, 6.07) is 0.338. The summed E-state index contributed by atoms with van der Waals surface area (Å²) in [6.45, 7) is 2.23. The Labute approximate surface area is 102 Å². The van der Waals surface area contributed by atoms with E-state index in [-0.39, 0.29) is 11.6 Å². The highest BCUT2D eigenvalue weighted by Gasteiger charge is 2.54. The van der Waals surface area contributed by atoms with Gasteiger partial charge in [-0.25, -0.2) is 4.79 Å². The molecule has 2 atom stereocenters. The van der Waals surface area contributed by atoms with Gasteiger partial charge in [-0.1, -0.05) is 26.2 Å². The first-order valence-electron chi connectivity index (χ1n) is 6.85. The summed E-state index contributed by atoms with van der Waals surface area (Å²) in [7, 11) is 0. The Morgan fingerprint density at radius 2 is 2.24 bits per heavy atom. The summed E-state index contributed by atoms with van der Waals surface area (Å²) in [6.07, 6.45) is 7.94. The molecular weight excluding hydrogens is 214 g/mol. The van der Waals surface area contributed by atoms with Crippen LogP contribution in [0.5, 0.6) is 0 Å². The van der Waals surface area contributed by atoms with Crippen LogP contribution in [0.4, 0.5) is 4.79 Å². The fourth-order valence-electron chi connectivity index (χ4n) is 3.57. The molecule has 0 aromatic carbocycles. The standard InChI is InChI=1S/C13H21N3O/c1-2-9-4-3-7-13(8-9)11(14)15-12(17)16(13)10-5-6-10/h9-10H,2-8H2,1H3,(H2,14,15,17). The van der Waals surface area contributed by atoms with Crippen LogP contribution in [0, 0.1) is 5.92 Å². The van der Waals surface area contributed by atoms with Crippen LogP contribution in [0.3, 0.4) is 0 Å². The van der Waals surface area contributed by atoms with E-state index in [1.807, 2.05) is 4.90 Å². The highest BCUT2D eigenvalue weighted by atomic mass is 16.2. The zero-order chi connectivity index (χ0) is 12.0. The third kappa shape index (κ3) is 1.57. The van der Waals surface area contributed by atoms with Crippen molar-refractivity contribution in [2.75, 3.05) is 0 Å². The highest BCUT2D eigenvalue weighted by molar-refractivity contribution is 6.06. The Kier molecular flexibility index (Phi) is 2.42. The Hall–Kier alpha value is -1.06. The van der Waals surface area contributed by atoms with Gasteiger partial charge in [0.15, 0.2) is 0 Å². The molecular formula is C13H21N3O. The average molecular weight is 235 g/mol. The molecule has 3 rings (SSSR count). The zero-order valence-electron chi connectivity index (χ0n) is 10.5. The van der Waals surface area contributed by atoms with Crippen molar-refractivity contribution in [1.82, 2.24) is 4.90 Å². The van der Waals surface area contributed by atoms with E-state index in [1.54, 1.807) is 0 Å². The van der Waals surface area contributed by atoms with E-state index in [0.29, 0.717) is 17.8 Å². The van der Waals surface area contributed by atoms with Gasteiger partial charge < -0.3 is 10.6 Å². The lowest BCUT2D eigenvalue weighted by Crippen LogP contribution is -2.57. The maximum absolute atomic E-state index is 12.0. The van der Waals surface area contributed by atoms with Gasteiger partial charge in [0.25, 0.3) is 0 Å². The van der Waals surface area contributed by atoms with Crippen LogP contribution in [0.2, 0.25) is 0 Å². The van der Waals surface area contributed by atoms with Gasteiger partial charge in [0, 0.05) is 6.04 Å². The fourth-order valence-corrected chi connectivity index (χ4v) is 3.57. The number of urea groups is 1. The summed E-state index contributed by atoms with van der Waals surface area (Å²) in [5.74, 6) is 1.29. The molecule has 2 amide bonds. The second kappa shape index (κ2) is 3.72. The van der Waals surface area contributed by atoms with Crippen molar-refractivity contribution < 1.29 is 4.79 Å². The first-order chi connectivity index (χ1) is 8.17. The van der Waals surface area contributed by atoms with Gasteiger partial charge in [-0.05, 0) is 31.6 Å². The number of hydrogen-bond donors (Lipinski definition) is 1. The van der Waals surface area contributed by atoms with E-state index in [4.69, 9.17) is 5.73 Å². The van der Waals surface area contributed by atoms with Crippen LogP contribution in [0.25, 0.3) is 0 Å². The normalized spacial score (nSPS) is 37.7. The SMILES string of the molecule is CCC1CCCC2(C1)C(N)=NC(=O)N2C1CC1. The van der Waals surface area contributed by atoms with Crippen molar-refractivity contribution in [3.8, 4) is 0 Å². The maximum Gasteiger partial charge on any atom is 0.346 e. The molecule has 0 aromatic rings. The molecule has 2 fully saturated rings. The van der Waals surface area contributed by atoms with Gasteiger partial charge in [-0.2, -0.15) is 4.99 Å². The first-order valence-corrected chi connectivity index (χ1v) is 6.85. The lowest BCUT2D eigenvalue weighted by molar-refractivity contribution is 0.113. The Balaban J connectivity index is 1.91. The molecule has 2 N–H and O–H groups in total. The minimum Gasteiger partial charge on any atom is -0.385 e. The van der Waals surface area contributed by atoms with Gasteiger partial charge >= 0.3 is 6.03 Å². The number of nitrogens with two attached hydrogens (primary N) is 1. The first kappa shape index (κ1) is 11.1. The lowest BCUT2D eigenvalue weighted by Gasteiger charge is -2.44. The molecule has 4 heteroatoms. The van der Waals surface area contributed by atoms with Crippen LogP contribution in [-0.4, -0.2) is 28.3 Å². The molecule has 0 radical (unpaired) electrons. The molecule has 17 heavy (non-hydrogen) atoms. The molecule has 2 saturated carbocycles. The Morgan fingerprint density at radius 1 is 1.47 bits per heavy atom. The van der Waals surface area contributed by atoms with Crippen LogP contribution in [0.1, 0.15) is 51.9 Å². The highest BCUT2D eigenvalue weighted by Crippen LogP contribution is 2.46. The van der Waals surface area contributed by atoms with Gasteiger partial charge in [0.05, 0.1) is 0 Å². The van der Waals surface area contributed by atoms with E-state index in [0.717, 1.165) is 25.7 Å². The molecule has 0 bridgehead atoms. The Morgan fingerprint density at radius 3 is 2.88 bits per heavy atom. The van der Waals surface area contributed by atoms with Crippen LogP contribution in [-0.2, 0) is 0 Å². The number of carbonyl (C=O) groups excluding carboxylic acids is 1. The van der Waals surface area contributed by atoms with Crippen LogP contribution >= 0.6 is 0 Å². The Bertz CT molecular complexity index is 375. The van der Waals surface area contributed by atoms with Crippen molar-refractivity contribution in [3.63, 3.8) is 0 Å². The minimum atomic E-state index is -0.211. The third-order valence-corrected chi connectivity index (χ3v) is 4.68. The average Bonchev–Trinajstić information content (AvgIpc) is 3.10. The molecule has 1 aliphatic heterocycles.